The number of aromatic nitrogens is 1. The molecule has 0 aromatic carbocycles. The molecule has 18 heavy (non-hydrogen) atoms. The molecule has 0 atom stereocenters. The highest BCUT2D eigenvalue weighted by molar-refractivity contribution is 6.37. The number of nitrogens with one attached hydrogen (secondary N) is 1. The SMILES string of the molecule is CC(C)OCCN(C)c1nc(NN)c(Cl)cc1Cl. The minimum absolute atomic E-state index is 0.202. The number of rotatable bonds is 6. The topological polar surface area (TPSA) is 63.4 Å². The average molecular weight is 293 g/mol. The number of hydrogen-bond donors (Lipinski definition) is 2. The highest BCUT2D eigenvalue weighted by atomic mass is 35.5. The summed E-state index contributed by atoms with van der Waals surface area (Å²) in [4.78, 5) is 6.15. The molecule has 0 aliphatic rings. The third-order valence-electron chi connectivity index (χ3n) is 2.29. The fourth-order valence-corrected chi connectivity index (χ4v) is 1.91. The van der Waals surface area contributed by atoms with Crippen LogP contribution in [0.5, 0.6) is 0 Å². The second-order valence-corrected chi connectivity index (χ2v) is 4.92. The van der Waals surface area contributed by atoms with Crippen LogP contribution < -0.4 is 16.2 Å². The Morgan fingerprint density at radius 1 is 1.44 bits per heavy atom. The molecule has 1 heterocycles. The third kappa shape index (κ3) is 4.17. The van der Waals surface area contributed by atoms with Gasteiger partial charge in [-0.25, -0.2) is 10.8 Å². The first-order valence-electron chi connectivity index (χ1n) is 5.61. The van der Waals surface area contributed by atoms with E-state index in [0.29, 0.717) is 34.8 Å². The van der Waals surface area contributed by atoms with Gasteiger partial charge in [0.05, 0.1) is 22.8 Å². The zero-order chi connectivity index (χ0) is 13.7. The van der Waals surface area contributed by atoms with Crippen LogP contribution in [0.2, 0.25) is 10.0 Å². The zero-order valence-electron chi connectivity index (χ0n) is 10.7. The van der Waals surface area contributed by atoms with Crippen LogP contribution in [0.15, 0.2) is 6.07 Å². The van der Waals surface area contributed by atoms with Crippen molar-refractivity contribution in [2.75, 3.05) is 30.5 Å². The number of nitrogens with two attached hydrogens (primary N) is 1. The number of halogens is 2. The first-order valence-corrected chi connectivity index (χ1v) is 6.36. The second kappa shape index (κ2) is 6.99. The van der Waals surface area contributed by atoms with Crippen LogP contribution in [0, 0.1) is 0 Å². The number of ether oxygens (including phenoxy) is 1. The Kier molecular flexibility index (Phi) is 5.95. The van der Waals surface area contributed by atoms with Gasteiger partial charge in [-0.15, -0.1) is 0 Å². The number of hydrogen-bond acceptors (Lipinski definition) is 5. The van der Waals surface area contributed by atoms with Crippen molar-refractivity contribution in [3.05, 3.63) is 16.1 Å². The molecule has 0 fully saturated rings. The van der Waals surface area contributed by atoms with Crippen molar-refractivity contribution in [3.63, 3.8) is 0 Å². The average Bonchev–Trinajstić information content (AvgIpc) is 2.28. The monoisotopic (exact) mass is 292 g/mol. The van der Waals surface area contributed by atoms with E-state index in [9.17, 15) is 0 Å². The van der Waals surface area contributed by atoms with E-state index in [0.717, 1.165) is 0 Å². The van der Waals surface area contributed by atoms with Gasteiger partial charge in [0, 0.05) is 13.6 Å². The molecule has 0 unspecified atom stereocenters. The molecular formula is C11H18Cl2N4O. The van der Waals surface area contributed by atoms with Gasteiger partial charge in [-0.3, -0.25) is 0 Å². The Balaban J connectivity index is 2.75. The Bertz CT molecular complexity index is 401. The molecule has 7 heteroatoms. The van der Waals surface area contributed by atoms with Crippen LogP contribution in [0.25, 0.3) is 0 Å². The van der Waals surface area contributed by atoms with Crippen LogP contribution >= 0.6 is 23.2 Å². The number of likely N-dealkylation sites (N-methyl/N-ethyl adjacent to an activating group) is 1. The summed E-state index contributed by atoms with van der Waals surface area (Å²) in [6.07, 6.45) is 0.202. The van der Waals surface area contributed by atoms with E-state index in [-0.39, 0.29) is 6.10 Å². The molecule has 0 spiro atoms. The van der Waals surface area contributed by atoms with Crippen molar-refractivity contribution in [1.29, 1.82) is 0 Å². The van der Waals surface area contributed by atoms with Crippen molar-refractivity contribution >= 4 is 34.8 Å². The molecule has 0 radical (unpaired) electrons. The number of pyridine rings is 1. The largest absolute Gasteiger partial charge is 0.377 e. The van der Waals surface area contributed by atoms with Crippen LogP contribution in [-0.2, 0) is 4.74 Å². The van der Waals surface area contributed by atoms with Crippen molar-refractivity contribution in [2.45, 2.75) is 20.0 Å². The fourth-order valence-electron chi connectivity index (χ4n) is 1.36. The van der Waals surface area contributed by atoms with E-state index in [1.807, 2.05) is 25.8 Å². The van der Waals surface area contributed by atoms with E-state index in [1.54, 1.807) is 6.07 Å². The molecule has 5 nitrogen and oxygen atoms in total. The maximum atomic E-state index is 6.10. The Hall–Kier alpha value is -0.750. The summed E-state index contributed by atoms with van der Waals surface area (Å²) in [5.74, 6) is 6.33. The normalized spacial score (nSPS) is 10.8. The fraction of sp³-hybridized carbons (Fsp3) is 0.545. The molecule has 0 bridgehead atoms. The molecule has 1 rings (SSSR count). The molecule has 0 saturated carbocycles. The standard InChI is InChI=1S/C11H18Cl2N4O/c1-7(2)18-5-4-17(3)11-9(13)6-8(12)10(15-11)16-14/h6-7H,4-5,14H2,1-3H3,(H,15,16). The summed E-state index contributed by atoms with van der Waals surface area (Å²) in [7, 11) is 1.88. The summed E-state index contributed by atoms with van der Waals surface area (Å²) in [6.45, 7) is 5.25. The van der Waals surface area contributed by atoms with Crippen LogP contribution in [0.3, 0.4) is 0 Å². The third-order valence-corrected chi connectivity index (χ3v) is 2.85. The molecule has 102 valence electrons. The Labute approximate surface area is 117 Å². The quantitative estimate of drug-likeness (QED) is 0.623. The van der Waals surface area contributed by atoms with Gasteiger partial charge >= 0.3 is 0 Å². The first kappa shape index (κ1) is 15.3. The van der Waals surface area contributed by atoms with E-state index >= 15 is 0 Å². The smallest absolute Gasteiger partial charge is 0.161 e. The number of nitrogen functional groups attached to an aromatic ring is 1. The van der Waals surface area contributed by atoms with Crippen molar-refractivity contribution in [3.8, 4) is 0 Å². The summed E-state index contributed by atoms with van der Waals surface area (Å²) >= 11 is 12.0. The predicted octanol–water partition coefficient (Wildman–Crippen LogP) is 2.54. The summed E-state index contributed by atoms with van der Waals surface area (Å²) in [5.41, 5.74) is 2.43. The summed E-state index contributed by atoms with van der Waals surface area (Å²) < 4.78 is 5.48. The molecule has 1 aromatic heterocycles. The van der Waals surface area contributed by atoms with Gasteiger partial charge in [0.1, 0.15) is 5.82 Å². The number of nitrogens with zero attached hydrogens (tertiary/aromatic N) is 2. The van der Waals surface area contributed by atoms with Crippen molar-refractivity contribution < 1.29 is 4.74 Å². The molecule has 0 saturated heterocycles. The number of anilines is 2. The molecule has 0 aliphatic heterocycles. The van der Waals surface area contributed by atoms with Crippen LogP contribution in [0.4, 0.5) is 11.6 Å². The lowest BCUT2D eigenvalue weighted by atomic mass is 10.4. The van der Waals surface area contributed by atoms with Gasteiger partial charge in [-0.1, -0.05) is 23.2 Å². The summed E-state index contributed by atoms with van der Waals surface area (Å²) in [6, 6.07) is 1.61. The molecule has 1 aromatic rings. The summed E-state index contributed by atoms with van der Waals surface area (Å²) in [5, 5.41) is 0.865. The second-order valence-electron chi connectivity index (χ2n) is 4.11. The van der Waals surface area contributed by atoms with Gasteiger partial charge in [0.25, 0.3) is 0 Å². The van der Waals surface area contributed by atoms with Crippen molar-refractivity contribution in [2.24, 2.45) is 5.84 Å². The van der Waals surface area contributed by atoms with E-state index in [4.69, 9.17) is 33.8 Å². The Morgan fingerprint density at radius 2 is 2.11 bits per heavy atom. The maximum absolute atomic E-state index is 6.10. The van der Waals surface area contributed by atoms with Gasteiger partial charge in [0.15, 0.2) is 5.82 Å². The molecule has 0 amide bonds. The van der Waals surface area contributed by atoms with Gasteiger partial charge < -0.3 is 15.1 Å². The van der Waals surface area contributed by atoms with E-state index < -0.39 is 0 Å². The van der Waals surface area contributed by atoms with Crippen LogP contribution in [-0.4, -0.2) is 31.3 Å². The maximum Gasteiger partial charge on any atom is 0.161 e. The minimum atomic E-state index is 0.202. The van der Waals surface area contributed by atoms with Gasteiger partial charge in [-0.05, 0) is 19.9 Å². The van der Waals surface area contributed by atoms with Gasteiger partial charge in [0.2, 0.25) is 0 Å². The number of hydrazine groups is 1. The lowest BCUT2D eigenvalue weighted by Crippen LogP contribution is -2.25. The lowest BCUT2D eigenvalue weighted by Gasteiger charge is -2.21. The highest BCUT2D eigenvalue weighted by Crippen LogP contribution is 2.30. The predicted molar refractivity (Wildman–Crippen MR) is 76.4 cm³/mol. The molecule has 0 aliphatic carbocycles. The highest BCUT2D eigenvalue weighted by Gasteiger charge is 2.12. The first-order chi connectivity index (χ1) is 8.45. The zero-order valence-corrected chi connectivity index (χ0v) is 12.2. The van der Waals surface area contributed by atoms with Gasteiger partial charge in [-0.2, -0.15) is 0 Å². The van der Waals surface area contributed by atoms with E-state index in [1.165, 1.54) is 0 Å². The minimum Gasteiger partial charge on any atom is -0.377 e. The molecular weight excluding hydrogens is 275 g/mol. The van der Waals surface area contributed by atoms with Crippen LogP contribution in [0.1, 0.15) is 13.8 Å². The van der Waals surface area contributed by atoms with Crippen molar-refractivity contribution in [1.82, 2.24) is 4.98 Å². The lowest BCUT2D eigenvalue weighted by molar-refractivity contribution is 0.0845. The molecule has 3 N–H and O–H groups in total. The Morgan fingerprint density at radius 3 is 2.67 bits per heavy atom. The van der Waals surface area contributed by atoms with E-state index in [2.05, 4.69) is 10.4 Å².